The Labute approximate surface area is 69.4 Å². The second-order valence-corrected chi connectivity index (χ2v) is 3.92. The Bertz CT molecular complexity index is 124. The zero-order chi connectivity index (χ0) is 8.91. The quantitative estimate of drug-likeness (QED) is 0.666. The molecule has 1 radical (unpaired) electrons. The molecule has 0 bridgehead atoms. The van der Waals surface area contributed by atoms with E-state index in [0.717, 1.165) is 6.42 Å². The summed E-state index contributed by atoms with van der Waals surface area (Å²) in [6.45, 7) is 9.95. The maximum Gasteiger partial charge on any atom is 0.220 e. The third kappa shape index (κ3) is 7.37. The lowest BCUT2D eigenvalue weighted by Crippen LogP contribution is -2.25. The number of carbonyl (C=O) groups is 1. The first kappa shape index (κ1) is 10.5. The molecule has 0 unspecified atom stereocenters. The largest absolute Gasteiger partial charge is 0.351 e. The van der Waals surface area contributed by atoms with E-state index >= 15 is 0 Å². The van der Waals surface area contributed by atoms with E-state index in [0.29, 0.717) is 6.42 Å². The summed E-state index contributed by atoms with van der Waals surface area (Å²) in [6, 6.07) is 0. The molecule has 0 aliphatic rings. The van der Waals surface area contributed by atoms with Gasteiger partial charge in [0.25, 0.3) is 0 Å². The molecule has 0 saturated carbocycles. The van der Waals surface area contributed by atoms with Gasteiger partial charge in [0.2, 0.25) is 5.91 Å². The van der Waals surface area contributed by atoms with Crippen LogP contribution in [0.3, 0.4) is 0 Å². The van der Waals surface area contributed by atoms with Crippen molar-refractivity contribution in [1.82, 2.24) is 5.32 Å². The molecule has 1 amide bonds. The maximum absolute atomic E-state index is 11.1. The minimum atomic E-state index is 0.0890. The highest BCUT2D eigenvalue weighted by atomic mass is 16.1. The maximum atomic E-state index is 11.1. The van der Waals surface area contributed by atoms with E-state index in [9.17, 15) is 4.79 Å². The van der Waals surface area contributed by atoms with Crippen molar-refractivity contribution >= 4 is 5.91 Å². The molecule has 0 rings (SSSR count). The minimum Gasteiger partial charge on any atom is -0.351 e. The molecule has 1 N–H and O–H groups in total. The van der Waals surface area contributed by atoms with Crippen molar-refractivity contribution in [3.05, 3.63) is 6.54 Å². The van der Waals surface area contributed by atoms with Crippen molar-refractivity contribution < 1.29 is 4.79 Å². The molecule has 0 heterocycles. The van der Waals surface area contributed by atoms with Crippen molar-refractivity contribution in [2.75, 3.05) is 0 Å². The van der Waals surface area contributed by atoms with Crippen LogP contribution in [0, 0.1) is 12.0 Å². The van der Waals surface area contributed by atoms with E-state index in [4.69, 9.17) is 0 Å². The minimum absolute atomic E-state index is 0.0890. The number of amides is 1. The lowest BCUT2D eigenvalue weighted by atomic mass is 9.92. The van der Waals surface area contributed by atoms with Crippen LogP contribution in [0.15, 0.2) is 0 Å². The predicted molar refractivity (Wildman–Crippen MR) is 46.8 cm³/mol. The van der Waals surface area contributed by atoms with Gasteiger partial charge >= 0.3 is 0 Å². The molecule has 65 valence electrons. The summed E-state index contributed by atoms with van der Waals surface area (Å²) in [6.07, 6.45) is 1.47. The first-order valence-electron chi connectivity index (χ1n) is 4.07. The Morgan fingerprint density at radius 1 is 1.45 bits per heavy atom. The van der Waals surface area contributed by atoms with Gasteiger partial charge in [0.05, 0.1) is 0 Å². The summed E-state index contributed by atoms with van der Waals surface area (Å²) in [7, 11) is 0. The number of rotatable bonds is 3. The molecular weight excluding hydrogens is 138 g/mol. The molecular formula is C9H18NO. The lowest BCUT2D eigenvalue weighted by molar-refractivity contribution is -0.122. The molecule has 0 aromatic carbocycles. The molecule has 0 aliphatic carbocycles. The number of nitrogens with one attached hydrogen (secondary N) is 1. The average molecular weight is 156 g/mol. The van der Waals surface area contributed by atoms with E-state index in [2.05, 4.69) is 26.1 Å². The summed E-state index contributed by atoms with van der Waals surface area (Å²) >= 11 is 0. The number of carbonyl (C=O) groups excluding carboxylic acids is 1. The van der Waals surface area contributed by atoms with Crippen LogP contribution in [0.5, 0.6) is 0 Å². The Balaban J connectivity index is 3.53. The van der Waals surface area contributed by atoms with Crippen molar-refractivity contribution in [3.8, 4) is 0 Å². The Hall–Kier alpha value is -0.530. The van der Waals surface area contributed by atoms with Gasteiger partial charge in [0.1, 0.15) is 0 Å². The van der Waals surface area contributed by atoms with Crippen LogP contribution in [0.1, 0.15) is 40.5 Å². The summed E-state index contributed by atoms with van der Waals surface area (Å²) in [5.74, 6) is 0.111. The number of hydrogen-bond donors (Lipinski definition) is 1. The third-order valence-corrected chi connectivity index (χ3v) is 1.16. The number of hydrogen-bond acceptors (Lipinski definition) is 1. The van der Waals surface area contributed by atoms with Gasteiger partial charge < -0.3 is 5.32 Å². The van der Waals surface area contributed by atoms with Gasteiger partial charge in [-0.2, -0.15) is 0 Å². The van der Waals surface area contributed by atoms with Gasteiger partial charge in [-0.05, 0) is 11.8 Å². The highest BCUT2D eigenvalue weighted by molar-refractivity contribution is 5.77. The SMILES string of the molecule is CC[CH]NC(=O)CC(C)(C)C. The van der Waals surface area contributed by atoms with Crippen LogP contribution in [0.4, 0.5) is 0 Å². The Morgan fingerprint density at radius 2 is 2.00 bits per heavy atom. The zero-order valence-corrected chi connectivity index (χ0v) is 7.90. The fraction of sp³-hybridized carbons (Fsp3) is 0.778. The topological polar surface area (TPSA) is 29.1 Å². The van der Waals surface area contributed by atoms with Crippen molar-refractivity contribution in [2.45, 2.75) is 40.5 Å². The molecule has 0 fully saturated rings. The zero-order valence-electron chi connectivity index (χ0n) is 7.90. The lowest BCUT2D eigenvalue weighted by Gasteiger charge is -2.16. The molecule has 0 spiro atoms. The first-order chi connectivity index (χ1) is 4.95. The average Bonchev–Trinajstić information content (AvgIpc) is 1.79. The highest BCUT2D eigenvalue weighted by Gasteiger charge is 2.14. The van der Waals surface area contributed by atoms with Crippen LogP contribution < -0.4 is 5.32 Å². The molecule has 0 aromatic rings. The van der Waals surface area contributed by atoms with Crippen molar-refractivity contribution in [2.24, 2.45) is 5.41 Å². The standard InChI is InChI=1S/C9H18NO/c1-5-6-10-8(11)7-9(2,3)4/h6H,5,7H2,1-4H3,(H,10,11). The summed E-state index contributed by atoms with van der Waals surface area (Å²) in [4.78, 5) is 11.1. The summed E-state index contributed by atoms with van der Waals surface area (Å²) in [5, 5.41) is 2.72. The monoisotopic (exact) mass is 156 g/mol. The van der Waals surface area contributed by atoms with E-state index in [-0.39, 0.29) is 11.3 Å². The highest BCUT2D eigenvalue weighted by Crippen LogP contribution is 2.17. The van der Waals surface area contributed by atoms with Crippen LogP contribution in [-0.2, 0) is 4.79 Å². The molecule has 0 aliphatic heterocycles. The Morgan fingerprint density at radius 3 is 2.36 bits per heavy atom. The summed E-state index contributed by atoms with van der Waals surface area (Å²) < 4.78 is 0. The van der Waals surface area contributed by atoms with Crippen LogP contribution >= 0.6 is 0 Å². The van der Waals surface area contributed by atoms with Gasteiger partial charge in [-0.25, -0.2) is 0 Å². The second kappa shape index (κ2) is 4.37. The van der Waals surface area contributed by atoms with Gasteiger partial charge in [0, 0.05) is 13.0 Å². The molecule has 2 heteroatoms. The third-order valence-electron chi connectivity index (χ3n) is 1.16. The molecule has 0 saturated heterocycles. The van der Waals surface area contributed by atoms with Crippen LogP contribution in [0.25, 0.3) is 0 Å². The Kier molecular flexibility index (Phi) is 4.16. The predicted octanol–water partition coefficient (Wildman–Crippen LogP) is 2.11. The normalized spacial score (nSPS) is 11.3. The van der Waals surface area contributed by atoms with Crippen LogP contribution in [-0.4, -0.2) is 5.91 Å². The van der Waals surface area contributed by atoms with E-state index in [1.54, 1.807) is 6.54 Å². The van der Waals surface area contributed by atoms with E-state index in [1.165, 1.54) is 0 Å². The van der Waals surface area contributed by atoms with Crippen molar-refractivity contribution in [3.63, 3.8) is 0 Å². The molecule has 0 atom stereocenters. The van der Waals surface area contributed by atoms with E-state index in [1.807, 2.05) is 6.92 Å². The molecule has 11 heavy (non-hydrogen) atoms. The fourth-order valence-electron chi connectivity index (χ4n) is 0.749. The second-order valence-electron chi connectivity index (χ2n) is 3.92. The van der Waals surface area contributed by atoms with Crippen LogP contribution in [0.2, 0.25) is 0 Å². The van der Waals surface area contributed by atoms with Crippen molar-refractivity contribution in [1.29, 1.82) is 0 Å². The van der Waals surface area contributed by atoms with Gasteiger partial charge in [0.15, 0.2) is 0 Å². The molecule has 2 nitrogen and oxygen atoms in total. The summed E-state index contributed by atoms with van der Waals surface area (Å²) in [5.41, 5.74) is 0.0890. The first-order valence-corrected chi connectivity index (χ1v) is 4.07. The molecule has 0 aromatic heterocycles. The smallest absolute Gasteiger partial charge is 0.220 e. The van der Waals surface area contributed by atoms with E-state index < -0.39 is 0 Å². The van der Waals surface area contributed by atoms with Gasteiger partial charge in [-0.3, -0.25) is 4.79 Å². The fourth-order valence-corrected chi connectivity index (χ4v) is 0.749. The van der Waals surface area contributed by atoms with Gasteiger partial charge in [-0.1, -0.05) is 27.7 Å². The van der Waals surface area contributed by atoms with Gasteiger partial charge in [-0.15, -0.1) is 0 Å².